The summed E-state index contributed by atoms with van der Waals surface area (Å²) in [6.07, 6.45) is 0.918. The average molecular weight is 146 g/mol. The number of rotatable bonds is 4. The lowest BCUT2D eigenvalue weighted by Crippen LogP contribution is -2.89. The molecule has 0 saturated heterocycles. The van der Waals surface area contributed by atoms with Crippen molar-refractivity contribution in [3.8, 4) is 0 Å². The quantitative estimate of drug-likeness (QED) is 0.571. The molecule has 0 aromatic carbocycles. The molecule has 0 aliphatic rings. The van der Waals surface area contributed by atoms with Crippen LogP contribution in [-0.2, 0) is 4.79 Å². The van der Waals surface area contributed by atoms with Crippen molar-refractivity contribution in [1.82, 2.24) is 0 Å². The van der Waals surface area contributed by atoms with Crippen molar-refractivity contribution in [1.29, 1.82) is 0 Å². The van der Waals surface area contributed by atoms with E-state index in [0.29, 0.717) is 0 Å². The second kappa shape index (κ2) is 4.28. The standard InChI is InChI=1S/C7H15NO2/c1-4-5(2)6(8-3)7(9)10/h5-6,8H,4H2,1-3H3,(H,9,10)/p+1/t5-,6-/m0/s1. The number of hydrogen-bond acceptors (Lipinski definition) is 1. The molecule has 0 saturated carbocycles. The molecule has 0 aliphatic carbocycles. The Hall–Kier alpha value is -0.570. The molecule has 0 fully saturated rings. The highest BCUT2D eigenvalue weighted by atomic mass is 16.4. The van der Waals surface area contributed by atoms with Crippen LogP contribution in [0.2, 0.25) is 0 Å². The molecule has 0 aromatic heterocycles. The van der Waals surface area contributed by atoms with Gasteiger partial charge in [0.2, 0.25) is 0 Å². The van der Waals surface area contributed by atoms with E-state index in [1.165, 1.54) is 0 Å². The molecule has 3 N–H and O–H groups in total. The second-order valence-corrected chi connectivity index (χ2v) is 2.58. The topological polar surface area (TPSA) is 53.9 Å². The van der Waals surface area contributed by atoms with Crippen LogP contribution < -0.4 is 5.32 Å². The van der Waals surface area contributed by atoms with E-state index in [1.807, 2.05) is 13.8 Å². The molecule has 0 amide bonds. The first-order valence-electron chi connectivity index (χ1n) is 3.65. The molecule has 0 radical (unpaired) electrons. The first kappa shape index (κ1) is 9.43. The van der Waals surface area contributed by atoms with Crippen LogP contribution in [0.5, 0.6) is 0 Å². The zero-order valence-corrected chi connectivity index (χ0v) is 6.79. The molecule has 3 nitrogen and oxygen atoms in total. The zero-order chi connectivity index (χ0) is 8.15. The molecule has 2 atom stereocenters. The van der Waals surface area contributed by atoms with Gasteiger partial charge in [-0.05, 0) is 6.42 Å². The average Bonchev–Trinajstić information content (AvgIpc) is 1.88. The van der Waals surface area contributed by atoms with E-state index < -0.39 is 5.97 Å². The van der Waals surface area contributed by atoms with E-state index in [2.05, 4.69) is 0 Å². The van der Waals surface area contributed by atoms with Gasteiger partial charge in [0.1, 0.15) is 0 Å². The summed E-state index contributed by atoms with van der Waals surface area (Å²) in [5.74, 6) is -0.459. The van der Waals surface area contributed by atoms with Crippen molar-refractivity contribution in [3.63, 3.8) is 0 Å². The normalized spacial score (nSPS) is 16.3. The third kappa shape index (κ3) is 2.35. The summed E-state index contributed by atoms with van der Waals surface area (Å²) in [4.78, 5) is 10.5. The summed E-state index contributed by atoms with van der Waals surface area (Å²) in [5.41, 5.74) is 0. The van der Waals surface area contributed by atoms with Gasteiger partial charge >= 0.3 is 5.97 Å². The molecule has 0 bridgehead atoms. The molecule has 10 heavy (non-hydrogen) atoms. The second-order valence-electron chi connectivity index (χ2n) is 2.58. The lowest BCUT2D eigenvalue weighted by atomic mass is 10.00. The Morgan fingerprint density at radius 1 is 1.70 bits per heavy atom. The van der Waals surface area contributed by atoms with E-state index in [9.17, 15) is 4.79 Å². The van der Waals surface area contributed by atoms with Crippen LogP contribution in [0.3, 0.4) is 0 Å². The van der Waals surface area contributed by atoms with Crippen LogP contribution in [0.4, 0.5) is 0 Å². The Balaban J connectivity index is 3.92. The molecule has 0 spiro atoms. The molecule has 0 rings (SSSR count). The number of aliphatic carboxylic acids is 1. The van der Waals surface area contributed by atoms with E-state index in [0.717, 1.165) is 6.42 Å². The summed E-state index contributed by atoms with van der Waals surface area (Å²) >= 11 is 0. The fourth-order valence-corrected chi connectivity index (χ4v) is 0.968. The van der Waals surface area contributed by atoms with Crippen LogP contribution in [-0.4, -0.2) is 24.2 Å². The fraction of sp³-hybridized carbons (Fsp3) is 0.857. The number of carboxylic acids is 1. The van der Waals surface area contributed by atoms with Crippen LogP contribution in [0, 0.1) is 5.92 Å². The van der Waals surface area contributed by atoms with E-state index in [-0.39, 0.29) is 12.0 Å². The highest BCUT2D eigenvalue weighted by molar-refractivity contribution is 5.71. The van der Waals surface area contributed by atoms with Gasteiger partial charge < -0.3 is 10.4 Å². The van der Waals surface area contributed by atoms with E-state index in [4.69, 9.17) is 5.11 Å². The summed E-state index contributed by atoms with van der Waals surface area (Å²) in [5, 5.41) is 10.4. The monoisotopic (exact) mass is 146 g/mol. The number of quaternary nitrogens is 1. The lowest BCUT2D eigenvalue weighted by molar-refractivity contribution is -0.658. The van der Waals surface area contributed by atoms with Crippen LogP contribution in [0.15, 0.2) is 0 Å². The summed E-state index contributed by atoms with van der Waals surface area (Å²) in [7, 11) is 1.80. The number of carbonyl (C=O) groups is 1. The van der Waals surface area contributed by atoms with E-state index >= 15 is 0 Å². The van der Waals surface area contributed by atoms with Gasteiger partial charge in [0.05, 0.1) is 7.05 Å². The maximum atomic E-state index is 10.5. The van der Waals surface area contributed by atoms with Gasteiger partial charge in [-0.3, -0.25) is 0 Å². The third-order valence-electron chi connectivity index (χ3n) is 1.90. The van der Waals surface area contributed by atoms with Gasteiger partial charge in [-0.1, -0.05) is 13.8 Å². The minimum atomic E-state index is -0.711. The third-order valence-corrected chi connectivity index (χ3v) is 1.90. The van der Waals surface area contributed by atoms with Gasteiger partial charge in [-0.15, -0.1) is 0 Å². The molecule has 3 heteroatoms. The van der Waals surface area contributed by atoms with Gasteiger partial charge in [-0.25, -0.2) is 4.79 Å². The predicted molar refractivity (Wildman–Crippen MR) is 38.7 cm³/mol. The number of hydrogen-bond donors (Lipinski definition) is 2. The Bertz CT molecular complexity index is 114. The highest BCUT2D eigenvalue weighted by Gasteiger charge is 2.24. The molecule has 0 aromatic rings. The van der Waals surface area contributed by atoms with Crippen molar-refractivity contribution >= 4 is 5.97 Å². The van der Waals surface area contributed by atoms with Crippen molar-refractivity contribution in [2.75, 3.05) is 7.05 Å². The Kier molecular flexibility index (Phi) is 4.03. The van der Waals surface area contributed by atoms with Crippen molar-refractivity contribution in [2.24, 2.45) is 5.92 Å². The minimum absolute atomic E-state index is 0.252. The summed E-state index contributed by atoms with van der Waals surface area (Å²) in [6.45, 7) is 3.96. The number of carboxylic acid groups (broad SMARTS) is 1. The van der Waals surface area contributed by atoms with Crippen molar-refractivity contribution < 1.29 is 15.2 Å². The van der Waals surface area contributed by atoms with Gasteiger partial charge in [0.15, 0.2) is 6.04 Å². The van der Waals surface area contributed by atoms with Crippen LogP contribution in [0.1, 0.15) is 20.3 Å². The molecule has 0 unspecified atom stereocenters. The number of nitrogens with two attached hydrogens (primary N) is 1. The maximum absolute atomic E-state index is 10.5. The Labute approximate surface area is 61.4 Å². The SMILES string of the molecule is CC[C@H](C)[C@H]([NH2+]C)C(=O)O. The maximum Gasteiger partial charge on any atom is 0.362 e. The van der Waals surface area contributed by atoms with Crippen LogP contribution in [0.25, 0.3) is 0 Å². The molecule has 0 aliphatic heterocycles. The lowest BCUT2D eigenvalue weighted by Gasteiger charge is -2.13. The van der Waals surface area contributed by atoms with E-state index in [1.54, 1.807) is 12.4 Å². The first-order valence-corrected chi connectivity index (χ1v) is 3.65. The highest BCUT2D eigenvalue weighted by Crippen LogP contribution is 2.03. The molecule has 0 heterocycles. The molecule has 60 valence electrons. The van der Waals surface area contributed by atoms with Gasteiger partial charge in [-0.2, -0.15) is 0 Å². The van der Waals surface area contributed by atoms with Crippen molar-refractivity contribution in [2.45, 2.75) is 26.3 Å². The smallest absolute Gasteiger partial charge is 0.362 e. The first-order chi connectivity index (χ1) is 4.63. The van der Waals surface area contributed by atoms with Crippen molar-refractivity contribution in [3.05, 3.63) is 0 Å². The largest absolute Gasteiger partial charge is 0.477 e. The molecular weight excluding hydrogens is 130 g/mol. The number of likely N-dealkylation sites (N-methyl/N-ethyl adjacent to an activating group) is 1. The summed E-state index contributed by atoms with van der Waals surface area (Å²) in [6, 6.07) is -0.273. The van der Waals surface area contributed by atoms with Crippen LogP contribution >= 0.6 is 0 Å². The zero-order valence-electron chi connectivity index (χ0n) is 6.79. The molecular formula is C7H16NO2+. The Morgan fingerprint density at radius 2 is 2.20 bits per heavy atom. The van der Waals surface area contributed by atoms with Gasteiger partial charge in [0.25, 0.3) is 0 Å². The summed E-state index contributed by atoms with van der Waals surface area (Å²) < 4.78 is 0. The minimum Gasteiger partial charge on any atom is -0.477 e. The van der Waals surface area contributed by atoms with Gasteiger partial charge in [0, 0.05) is 5.92 Å². The Morgan fingerprint density at radius 3 is 2.30 bits per heavy atom. The fourth-order valence-electron chi connectivity index (χ4n) is 0.968. The predicted octanol–water partition coefficient (Wildman–Crippen LogP) is -0.321.